The molecule has 0 unspecified atom stereocenters. The van der Waals surface area contributed by atoms with Crippen LogP contribution in [0.25, 0.3) is 0 Å². The van der Waals surface area contributed by atoms with Gasteiger partial charge in [0.2, 0.25) is 0 Å². The quantitative estimate of drug-likeness (QED) is 0.200. The fraction of sp³-hybridized carbons (Fsp3) is 0.526. The summed E-state index contributed by atoms with van der Waals surface area (Å²) in [6.45, 7) is 5.32. The molecule has 0 aromatic heterocycles. The van der Waals surface area contributed by atoms with E-state index < -0.39 is 0 Å². The number of guanidine groups is 1. The topological polar surface area (TPSA) is 45.7 Å². The van der Waals surface area contributed by atoms with Crippen LogP contribution in [0.1, 0.15) is 38.2 Å². The molecule has 0 heterocycles. The minimum Gasteiger partial charge on any atom is -0.377 e. The van der Waals surface area contributed by atoms with E-state index in [0.717, 1.165) is 51.3 Å². The second kappa shape index (κ2) is 13.2. The standard InChI is InChI=1S/C19H29N3O.HI/c1-2-20-19(22-18-12-6-7-13-18)21-14-8-9-15-23-16-17-10-4-3-5-11-17;/h3-7,10-11,18H,2,8-9,12-16H2,1H3,(H2,20,21,22);1H. The number of nitrogens with one attached hydrogen (secondary N) is 2. The summed E-state index contributed by atoms with van der Waals surface area (Å²) >= 11 is 0. The molecular formula is C19H30IN3O. The molecule has 0 saturated carbocycles. The van der Waals surface area contributed by atoms with E-state index in [9.17, 15) is 0 Å². The highest BCUT2D eigenvalue weighted by atomic mass is 127. The van der Waals surface area contributed by atoms with E-state index in [-0.39, 0.29) is 24.0 Å². The average Bonchev–Trinajstić information content (AvgIpc) is 3.08. The Morgan fingerprint density at radius 2 is 1.92 bits per heavy atom. The molecule has 1 aromatic carbocycles. The smallest absolute Gasteiger partial charge is 0.191 e. The van der Waals surface area contributed by atoms with Crippen molar-refractivity contribution in [3.05, 3.63) is 48.0 Å². The third-order valence-electron chi connectivity index (χ3n) is 3.77. The predicted molar refractivity (Wildman–Crippen MR) is 112 cm³/mol. The molecular weight excluding hydrogens is 413 g/mol. The largest absolute Gasteiger partial charge is 0.377 e. The maximum atomic E-state index is 5.69. The van der Waals surface area contributed by atoms with Gasteiger partial charge in [-0.1, -0.05) is 42.5 Å². The summed E-state index contributed by atoms with van der Waals surface area (Å²) in [6.07, 6.45) is 8.74. The summed E-state index contributed by atoms with van der Waals surface area (Å²) < 4.78 is 5.69. The molecule has 4 nitrogen and oxygen atoms in total. The fourth-order valence-electron chi connectivity index (χ4n) is 2.52. The third kappa shape index (κ3) is 8.68. The first kappa shape index (κ1) is 21.0. The fourth-order valence-corrected chi connectivity index (χ4v) is 2.52. The Morgan fingerprint density at radius 1 is 1.17 bits per heavy atom. The van der Waals surface area contributed by atoms with Gasteiger partial charge in [-0.2, -0.15) is 0 Å². The second-order valence-electron chi connectivity index (χ2n) is 5.79. The Labute approximate surface area is 163 Å². The molecule has 5 heteroatoms. The highest BCUT2D eigenvalue weighted by Crippen LogP contribution is 2.08. The lowest BCUT2D eigenvalue weighted by molar-refractivity contribution is 0.117. The van der Waals surface area contributed by atoms with Crippen molar-refractivity contribution in [2.75, 3.05) is 19.7 Å². The third-order valence-corrected chi connectivity index (χ3v) is 3.77. The summed E-state index contributed by atoms with van der Waals surface area (Å²) in [7, 11) is 0. The number of hydrogen-bond donors (Lipinski definition) is 2. The second-order valence-corrected chi connectivity index (χ2v) is 5.79. The van der Waals surface area contributed by atoms with Crippen LogP contribution in [0.2, 0.25) is 0 Å². The van der Waals surface area contributed by atoms with Gasteiger partial charge in [-0.3, -0.25) is 4.99 Å². The Morgan fingerprint density at radius 3 is 2.62 bits per heavy atom. The molecule has 2 rings (SSSR count). The average molecular weight is 443 g/mol. The van der Waals surface area contributed by atoms with E-state index in [1.54, 1.807) is 0 Å². The first-order chi connectivity index (χ1) is 11.4. The lowest BCUT2D eigenvalue weighted by atomic mass is 10.2. The SMILES string of the molecule is CCNC(=NCCCCOCc1ccccc1)NC1CC=CC1.I. The van der Waals surface area contributed by atoms with Crippen molar-refractivity contribution in [2.24, 2.45) is 4.99 Å². The molecule has 0 saturated heterocycles. The number of halogens is 1. The van der Waals surface area contributed by atoms with Crippen molar-refractivity contribution in [3.63, 3.8) is 0 Å². The summed E-state index contributed by atoms with van der Waals surface area (Å²) in [4.78, 5) is 4.64. The number of aliphatic imine (C=N–C) groups is 1. The maximum absolute atomic E-state index is 5.69. The first-order valence-electron chi connectivity index (χ1n) is 8.70. The van der Waals surface area contributed by atoms with E-state index >= 15 is 0 Å². The van der Waals surface area contributed by atoms with Gasteiger partial charge in [0.25, 0.3) is 0 Å². The highest BCUT2D eigenvalue weighted by molar-refractivity contribution is 14.0. The van der Waals surface area contributed by atoms with Gasteiger partial charge in [0.15, 0.2) is 5.96 Å². The van der Waals surface area contributed by atoms with Gasteiger partial charge in [-0.05, 0) is 38.2 Å². The van der Waals surface area contributed by atoms with E-state index in [4.69, 9.17) is 4.74 Å². The summed E-state index contributed by atoms with van der Waals surface area (Å²) in [5.74, 6) is 0.936. The van der Waals surface area contributed by atoms with Gasteiger partial charge in [-0.25, -0.2) is 0 Å². The van der Waals surface area contributed by atoms with Gasteiger partial charge in [0, 0.05) is 25.7 Å². The van der Waals surface area contributed by atoms with Crippen molar-refractivity contribution in [2.45, 2.75) is 45.3 Å². The van der Waals surface area contributed by atoms with Crippen molar-refractivity contribution in [1.82, 2.24) is 10.6 Å². The van der Waals surface area contributed by atoms with Crippen LogP contribution in [-0.4, -0.2) is 31.7 Å². The molecule has 1 aromatic rings. The van der Waals surface area contributed by atoms with Crippen molar-refractivity contribution < 1.29 is 4.74 Å². The Hall–Kier alpha value is -1.08. The van der Waals surface area contributed by atoms with Gasteiger partial charge in [-0.15, -0.1) is 24.0 Å². The van der Waals surface area contributed by atoms with E-state index in [1.165, 1.54) is 5.56 Å². The van der Waals surface area contributed by atoms with Crippen LogP contribution >= 0.6 is 24.0 Å². The van der Waals surface area contributed by atoms with Crippen molar-refractivity contribution in [3.8, 4) is 0 Å². The molecule has 0 spiro atoms. The molecule has 0 bridgehead atoms. The molecule has 2 N–H and O–H groups in total. The number of rotatable bonds is 9. The van der Waals surface area contributed by atoms with Gasteiger partial charge in [0.05, 0.1) is 6.61 Å². The van der Waals surface area contributed by atoms with E-state index in [0.29, 0.717) is 12.6 Å². The molecule has 24 heavy (non-hydrogen) atoms. The van der Waals surface area contributed by atoms with Crippen LogP contribution in [0.5, 0.6) is 0 Å². The van der Waals surface area contributed by atoms with Crippen LogP contribution in [-0.2, 0) is 11.3 Å². The maximum Gasteiger partial charge on any atom is 0.191 e. The van der Waals surface area contributed by atoms with Crippen LogP contribution in [0.3, 0.4) is 0 Å². The van der Waals surface area contributed by atoms with Gasteiger partial charge >= 0.3 is 0 Å². The van der Waals surface area contributed by atoms with Crippen LogP contribution in [0, 0.1) is 0 Å². The number of nitrogens with zero attached hydrogens (tertiary/aromatic N) is 1. The lowest BCUT2D eigenvalue weighted by Crippen LogP contribution is -2.42. The number of unbranched alkanes of at least 4 members (excludes halogenated alkanes) is 1. The summed E-state index contributed by atoms with van der Waals surface area (Å²) in [5, 5.41) is 6.80. The molecule has 0 amide bonds. The molecule has 0 fully saturated rings. The number of hydrogen-bond acceptors (Lipinski definition) is 2. The Balaban J connectivity index is 0.00000288. The van der Waals surface area contributed by atoms with E-state index in [1.807, 2.05) is 18.2 Å². The number of benzene rings is 1. The Kier molecular flexibility index (Phi) is 11.6. The number of ether oxygens (including phenoxy) is 1. The zero-order valence-corrected chi connectivity index (χ0v) is 16.9. The molecule has 1 aliphatic rings. The zero-order chi connectivity index (χ0) is 16.2. The van der Waals surface area contributed by atoms with Crippen LogP contribution in [0.15, 0.2) is 47.5 Å². The Bertz CT molecular complexity index is 483. The summed E-state index contributed by atoms with van der Waals surface area (Å²) in [6, 6.07) is 10.8. The molecule has 0 radical (unpaired) electrons. The minimum atomic E-state index is 0. The summed E-state index contributed by atoms with van der Waals surface area (Å²) in [5.41, 5.74) is 1.23. The monoisotopic (exact) mass is 443 g/mol. The van der Waals surface area contributed by atoms with E-state index in [2.05, 4.69) is 46.8 Å². The normalized spacial score (nSPS) is 14.5. The first-order valence-corrected chi connectivity index (χ1v) is 8.70. The van der Waals surface area contributed by atoms with Crippen LogP contribution < -0.4 is 10.6 Å². The van der Waals surface area contributed by atoms with Crippen molar-refractivity contribution in [1.29, 1.82) is 0 Å². The lowest BCUT2D eigenvalue weighted by Gasteiger charge is -2.16. The van der Waals surface area contributed by atoms with Crippen LogP contribution in [0.4, 0.5) is 0 Å². The molecule has 1 aliphatic carbocycles. The molecule has 134 valence electrons. The minimum absolute atomic E-state index is 0. The molecule has 0 atom stereocenters. The highest BCUT2D eigenvalue weighted by Gasteiger charge is 2.11. The van der Waals surface area contributed by atoms with Gasteiger partial charge < -0.3 is 15.4 Å². The zero-order valence-electron chi connectivity index (χ0n) is 14.5. The van der Waals surface area contributed by atoms with Crippen molar-refractivity contribution >= 4 is 29.9 Å². The predicted octanol–water partition coefficient (Wildman–Crippen LogP) is 3.88. The molecule has 0 aliphatic heterocycles. The van der Waals surface area contributed by atoms with Gasteiger partial charge in [0.1, 0.15) is 0 Å².